The van der Waals surface area contributed by atoms with Crippen LogP contribution < -0.4 is 4.74 Å². The van der Waals surface area contributed by atoms with Crippen LogP contribution in [-0.4, -0.2) is 50.1 Å². The fourth-order valence-corrected chi connectivity index (χ4v) is 3.84. The number of methoxy groups -OCH3 is 2. The molecular formula is C19H25NO6. The molecule has 7 nitrogen and oxygen atoms in total. The fraction of sp³-hybridized carbons (Fsp3) is 0.579. The third-order valence-corrected chi connectivity index (χ3v) is 5.07. The Kier molecular flexibility index (Phi) is 5.36. The van der Waals surface area contributed by atoms with Crippen LogP contribution in [0.1, 0.15) is 54.2 Å². The van der Waals surface area contributed by atoms with Gasteiger partial charge in [0.1, 0.15) is 11.3 Å². The van der Waals surface area contributed by atoms with Gasteiger partial charge in [0.2, 0.25) is 0 Å². The average Bonchev–Trinajstić information content (AvgIpc) is 2.96. The molecule has 0 aliphatic carbocycles. The van der Waals surface area contributed by atoms with E-state index in [1.54, 1.807) is 27.0 Å². The number of carbonyl (C=O) groups excluding carboxylic acids is 2. The molecule has 142 valence electrons. The van der Waals surface area contributed by atoms with E-state index < -0.39 is 12.3 Å². The minimum absolute atomic E-state index is 0.0832. The first-order valence-electron chi connectivity index (χ1n) is 8.89. The Labute approximate surface area is 153 Å². The molecule has 0 spiro atoms. The standard InChI is InChI=1S/C19H25NO6/c1-5-25-19(22)20-13-6-7-16(20)14-10-15(18(21)24-4)17(9-12(14)8-13)26-11(2)23-3/h9-11,13,16H,5-8H2,1-4H3. The zero-order valence-electron chi connectivity index (χ0n) is 15.6. The van der Waals surface area contributed by atoms with Crippen molar-refractivity contribution in [1.82, 2.24) is 4.90 Å². The van der Waals surface area contributed by atoms with Crippen LogP contribution in [0.2, 0.25) is 0 Å². The van der Waals surface area contributed by atoms with Gasteiger partial charge in [-0.3, -0.25) is 4.90 Å². The number of fused-ring (bicyclic) bond motifs is 4. The Bertz CT molecular complexity index is 704. The summed E-state index contributed by atoms with van der Waals surface area (Å²) in [4.78, 5) is 26.4. The zero-order valence-corrected chi connectivity index (χ0v) is 15.6. The Hall–Kier alpha value is -2.28. The Morgan fingerprint density at radius 2 is 2.04 bits per heavy atom. The number of amides is 1. The first kappa shape index (κ1) is 18.5. The van der Waals surface area contributed by atoms with Gasteiger partial charge >= 0.3 is 12.1 Å². The maximum absolute atomic E-state index is 12.4. The van der Waals surface area contributed by atoms with Crippen molar-refractivity contribution < 1.29 is 28.5 Å². The second-order valence-electron chi connectivity index (χ2n) is 6.52. The van der Waals surface area contributed by atoms with Crippen LogP contribution >= 0.6 is 0 Å². The van der Waals surface area contributed by atoms with Gasteiger partial charge in [0.25, 0.3) is 0 Å². The van der Waals surface area contributed by atoms with Gasteiger partial charge in [-0.1, -0.05) is 0 Å². The summed E-state index contributed by atoms with van der Waals surface area (Å²) in [5.74, 6) is -0.0390. The van der Waals surface area contributed by atoms with Gasteiger partial charge in [0.15, 0.2) is 6.29 Å². The third-order valence-electron chi connectivity index (χ3n) is 5.07. The van der Waals surface area contributed by atoms with Crippen molar-refractivity contribution in [1.29, 1.82) is 0 Å². The first-order valence-corrected chi connectivity index (χ1v) is 8.89. The van der Waals surface area contributed by atoms with Crippen LogP contribution in [-0.2, 0) is 20.6 Å². The number of rotatable bonds is 5. The highest BCUT2D eigenvalue weighted by molar-refractivity contribution is 5.93. The molecule has 2 aliphatic heterocycles. The van der Waals surface area contributed by atoms with E-state index in [0.29, 0.717) is 24.3 Å². The molecule has 2 aliphatic rings. The van der Waals surface area contributed by atoms with Crippen LogP contribution in [0, 0.1) is 0 Å². The van der Waals surface area contributed by atoms with E-state index in [-0.39, 0.29) is 18.2 Å². The molecule has 3 unspecified atom stereocenters. The van der Waals surface area contributed by atoms with E-state index in [2.05, 4.69) is 0 Å². The molecule has 1 fully saturated rings. The molecule has 2 heterocycles. The van der Waals surface area contributed by atoms with Crippen molar-refractivity contribution in [3.8, 4) is 5.75 Å². The fourth-order valence-electron chi connectivity index (χ4n) is 3.84. The van der Waals surface area contributed by atoms with Crippen molar-refractivity contribution in [3.63, 3.8) is 0 Å². The molecular weight excluding hydrogens is 338 g/mol. The van der Waals surface area contributed by atoms with Crippen LogP contribution in [0.15, 0.2) is 12.1 Å². The number of esters is 1. The van der Waals surface area contributed by atoms with E-state index >= 15 is 0 Å². The van der Waals surface area contributed by atoms with Gasteiger partial charge in [-0.05, 0) is 56.4 Å². The maximum Gasteiger partial charge on any atom is 0.410 e. The van der Waals surface area contributed by atoms with E-state index in [1.165, 1.54) is 7.11 Å². The van der Waals surface area contributed by atoms with E-state index in [0.717, 1.165) is 24.0 Å². The summed E-state index contributed by atoms with van der Waals surface area (Å²) in [5, 5.41) is 0. The second-order valence-corrected chi connectivity index (χ2v) is 6.52. The third kappa shape index (κ3) is 3.23. The lowest BCUT2D eigenvalue weighted by molar-refractivity contribution is -0.0389. The second kappa shape index (κ2) is 7.53. The van der Waals surface area contributed by atoms with Crippen LogP contribution in [0.3, 0.4) is 0 Å². The van der Waals surface area contributed by atoms with Gasteiger partial charge in [0.05, 0.1) is 19.8 Å². The summed E-state index contributed by atoms with van der Waals surface area (Å²) in [5.41, 5.74) is 2.39. The largest absolute Gasteiger partial charge is 0.465 e. The van der Waals surface area contributed by atoms with E-state index in [4.69, 9.17) is 18.9 Å². The highest BCUT2D eigenvalue weighted by atomic mass is 16.7. The summed E-state index contributed by atoms with van der Waals surface area (Å²) < 4.78 is 21.0. The van der Waals surface area contributed by atoms with Crippen molar-refractivity contribution in [2.45, 2.75) is 51.5 Å². The maximum atomic E-state index is 12.4. The average molecular weight is 363 g/mol. The quantitative estimate of drug-likeness (QED) is 0.591. The number of carbonyl (C=O) groups is 2. The summed E-state index contributed by atoms with van der Waals surface area (Å²) in [6.07, 6.45) is 1.69. The van der Waals surface area contributed by atoms with Crippen LogP contribution in [0.5, 0.6) is 5.75 Å². The normalized spacial score (nSPS) is 21.8. The van der Waals surface area contributed by atoms with Crippen LogP contribution in [0.25, 0.3) is 0 Å². The predicted molar refractivity (Wildman–Crippen MR) is 93.2 cm³/mol. The number of hydrogen-bond acceptors (Lipinski definition) is 6. The van der Waals surface area contributed by atoms with Gasteiger partial charge < -0.3 is 18.9 Å². The molecule has 1 saturated heterocycles. The molecule has 26 heavy (non-hydrogen) atoms. The molecule has 0 saturated carbocycles. The number of nitrogens with zero attached hydrogens (tertiary/aromatic N) is 1. The molecule has 2 bridgehead atoms. The first-order chi connectivity index (χ1) is 12.5. The number of ether oxygens (including phenoxy) is 4. The lowest BCUT2D eigenvalue weighted by Crippen LogP contribution is -2.42. The van der Waals surface area contributed by atoms with Gasteiger partial charge in [-0.25, -0.2) is 9.59 Å². The summed E-state index contributed by atoms with van der Waals surface area (Å²) >= 11 is 0. The minimum atomic E-state index is -0.493. The van der Waals surface area contributed by atoms with Crippen molar-refractivity contribution in [2.75, 3.05) is 20.8 Å². The molecule has 1 aromatic rings. The molecule has 0 N–H and O–H groups in total. The van der Waals surface area contributed by atoms with Crippen molar-refractivity contribution in [3.05, 3.63) is 28.8 Å². The summed E-state index contributed by atoms with van der Waals surface area (Å²) in [7, 11) is 2.88. The topological polar surface area (TPSA) is 74.3 Å². The van der Waals surface area contributed by atoms with Crippen LogP contribution in [0.4, 0.5) is 4.79 Å². The molecule has 3 rings (SSSR count). The minimum Gasteiger partial charge on any atom is -0.465 e. The molecule has 0 radical (unpaired) electrons. The number of benzene rings is 1. The van der Waals surface area contributed by atoms with Crippen molar-refractivity contribution >= 4 is 12.1 Å². The monoisotopic (exact) mass is 363 g/mol. The SMILES string of the molecule is CCOC(=O)N1C2CCC1c1cc(C(=O)OC)c(OC(C)OC)cc1C2. The highest BCUT2D eigenvalue weighted by Crippen LogP contribution is 2.45. The molecule has 7 heteroatoms. The zero-order chi connectivity index (χ0) is 18.8. The predicted octanol–water partition coefficient (Wildman–Crippen LogP) is 3.06. The molecule has 1 aromatic carbocycles. The lowest BCUT2D eigenvalue weighted by atomic mass is 9.91. The lowest BCUT2D eigenvalue weighted by Gasteiger charge is -2.36. The Morgan fingerprint density at radius 3 is 2.69 bits per heavy atom. The molecule has 3 atom stereocenters. The molecule has 0 aromatic heterocycles. The summed E-state index contributed by atoms with van der Waals surface area (Å²) in [6, 6.07) is 3.70. The van der Waals surface area contributed by atoms with E-state index in [9.17, 15) is 9.59 Å². The Balaban J connectivity index is 2.01. The number of hydrogen-bond donors (Lipinski definition) is 0. The van der Waals surface area contributed by atoms with Gasteiger partial charge in [0, 0.05) is 13.2 Å². The van der Waals surface area contributed by atoms with Gasteiger partial charge in [-0.2, -0.15) is 0 Å². The Morgan fingerprint density at radius 1 is 1.27 bits per heavy atom. The highest BCUT2D eigenvalue weighted by Gasteiger charge is 2.44. The van der Waals surface area contributed by atoms with E-state index in [1.807, 2.05) is 11.0 Å². The smallest absolute Gasteiger partial charge is 0.410 e. The van der Waals surface area contributed by atoms with Crippen molar-refractivity contribution in [2.24, 2.45) is 0 Å². The summed E-state index contributed by atoms with van der Waals surface area (Å²) in [6.45, 7) is 3.90. The van der Waals surface area contributed by atoms with Gasteiger partial charge in [-0.15, -0.1) is 0 Å². The molecule has 1 amide bonds.